The van der Waals surface area contributed by atoms with E-state index in [0.29, 0.717) is 19.4 Å². The summed E-state index contributed by atoms with van der Waals surface area (Å²) in [6, 6.07) is 1.34. The quantitative estimate of drug-likeness (QED) is 0.890. The Bertz CT molecular complexity index is 608. The zero-order chi connectivity index (χ0) is 14.3. The van der Waals surface area contributed by atoms with Crippen molar-refractivity contribution in [3.63, 3.8) is 0 Å². The monoisotopic (exact) mass is 315 g/mol. The highest BCUT2D eigenvalue weighted by Crippen LogP contribution is 2.36. The molecule has 2 aliphatic heterocycles. The average Bonchev–Trinajstić information content (AvgIpc) is 2.85. The van der Waals surface area contributed by atoms with Crippen molar-refractivity contribution < 1.29 is 18.3 Å². The second-order valence-electron chi connectivity index (χ2n) is 5.41. The van der Waals surface area contributed by atoms with Crippen LogP contribution in [0.4, 0.5) is 0 Å². The zero-order valence-electron chi connectivity index (χ0n) is 11.0. The summed E-state index contributed by atoms with van der Waals surface area (Å²) in [6.07, 6.45) is 1.96. The van der Waals surface area contributed by atoms with Gasteiger partial charge in [0.2, 0.25) is 0 Å². The van der Waals surface area contributed by atoms with Crippen LogP contribution in [0.5, 0.6) is 0 Å². The minimum atomic E-state index is -2.91. The van der Waals surface area contributed by atoms with Gasteiger partial charge in [-0.15, -0.1) is 11.3 Å². The van der Waals surface area contributed by atoms with Gasteiger partial charge in [0.1, 0.15) is 15.9 Å². The Hall–Kier alpha value is -0.920. The normalized spacial score (nSPS) is 27.1. The lowest BCUT2D eigenvalue weighted by Crippen LogP contribution is -2.48. The molecule has 1 N–H and O–H groups in total. The molecule has 1 aromatic heterocycles. The third kappa shape index (κ3) is 2.49. The molecular formula is C13H17NO4S2. The van der Waals surface area contributed by atoms with Crippen LogP contribution in [0, 0.1) is 0 Å². The van der Waals surface area contributed by atoms with Crippen LogP contribution in [0.25, 0.3) is 0 Å². The number of carbonyl (C=O) groups is 1. The number of rotatable bonds is 2. The molecular weight excluding hydrogens is 298 g/mol. The maximum atomic E-state index is 11.6. The minimum absolute atomic E-state index is 0.0627. The first kappa shape index (κ1) is 14.0. The van der Waals surface area contributed by atoms with Crippen LogP contribution in [-0.2, 0) is 21.1 Å². The molecule has 0 radical (unpaired) electrons. The Balaban J connectivity index is 1.85. The number of hydrogen-bond acceptors (Lipinski definition) is 5. The Morgan fingerprint density at radius 1 is 1.35 bits per heavy atom. The fourth-order valence-electron chi connectivity index (χ4n) is 3.21. The SMILES string of the molecule is O=C(O)C1c2ccsc2CCN1C1CCS(=O)(=O)CC1. The number of carboxylic acids is 1. The molecule has 1 fully saturated rings. The Morgan fingerprint density at radius 2 is 2.05 bits per heavy atom. The molecule has 0 amide bonds. The maximum Gasteiger partial charge on any atom is 0.325 e. The van der Waals surface area contributed by atoms with Crippen molar-refractivity contribution in [1.29, 1.82) is 0 Å². The first-order chi connectivity index (χ1) is 9.48. The number of sulfone groups is 1. The third-order valence-corrected chi connectivity index (χ3v) is 6.94. The number of hydrogen-bond donors (Lipinski definition) is 1. The van der Waals surface area contributed by atoms with Gasteiger partial charge in [-0.25, -0.2) is 8.42 Å². The summed E-state index contributed by atoms with van der Waals surface area (Å²) in [6.45, 7) is 0.704. The van der Waals surface area contributed by atoms with E-state index in [4.69, 9.17) is 0 Å². The van der Waals surface area contributed by atoms with Crippen molar-refractivity contribution in [3.05, 3.63) is 21.9 Å². The molecule has 0 saturated carbocycles. The van der Waals surface area contributed by atoms with Crippen LogP contribution < -0.4 is 0 Å². The summed E-state index contributed by atoms with van der Waals surface area (Å²) >= 11 is 1.61. The summed E-state index contributed by atoms with van der Waals surface area (Å²) in [4.78, 5) is 14.8. The predicted molar refractivity (Wildman–Crippen MR) is 76.8 cm³/mol. The van der Waals surface area contributed by atoms with Crippen molar-refractivity contribution in [2.24, 2.45) is 0 Å². The first-order valence-corrected chi connectivity index (χ1v) is 9.43. The van der Waals surface area contributed by atoms with Gasteiger partial charge < -0.3 is 5.11 Å². The predicted octanol–water partition coefficient (Wildman–Crippen LogP) is 1.31. The van der Waals surface area contributed by atoms with Gasteiger partial charge in [-0.05, 0) is 36.3 Å². The van der Waals surface area contributed by atoms with Crippen molar-refractivity contribution in [2.45, 2.75) is 31.3 Å². The smallest absolute Gasteiger partial charge is 0.325 e. The van der Waals surface area contributed by atoms with Crippen molar-refractivity contribution in [3.8, 4) is 0 Å². The Kier molecular flexibility index (Phi) is 3.60. The van der Waals surface area contributed by atoms with E-state index in [1.807, 2.05) is 16.3 Å². The van der Waals surface area contributed by atoms with Crippen molar-refractivity contribution in [2.75, 3.05) is 18.1 Å². The van der Waals surface area contributed by atoms with E-state index in [1.165, 1.54) is 0 Å². The molecule has 0 bridgehead atoms. The standard InChI is InChI=1S/C13H17NO4S2/c15-13(16)12-10-2-6-19-11(10)1-5-14(12)9-3-7-20(17,18)8-4-9/h2,6,9,12H,1,3-5,7-8H2,(H,15,16). The van der Waals surface area contributed by atoms with Gasteiger partial charge in [-0.1, -0.05) is 0 Å². The highest BCUT2D eigenvalue weighted by Gasteiger charge is 2.39. The second-order valence-corrected chi connectivity index (χ2v) is 8.72. The minimum Gasteiger partial charge on any atom is -0.480 e. The molecule has 3 rings (SSSR count). The van der Waals surface area contributed by atoms with Crippen LogP contribution in [0.15, 0.2) is 11.4 Å². The Labute approximate surface area is 122 Å². The lowest BCUT2D eigenvalue weighted by atomic mass is 9.96. The van der Waals surface area contributed by atoms with Gasteiger partial charge >= 0.3 is 5.97 Å². The number of carboxylic acid groups (broad SMARTS) is 1. The summed E-state index contributed by atoms with van der Waals surface area (Å²) < 4.78 is 23.0. The number of fused-ring (bicyclic) bond motifs is 1. The molecule has 7 heteroatoms. The number of aliphatic carboxylic acids is 1. The number of nitrogens with zero attached hydrogens (tertiary/aromatic N) is 1. The van der Waals surface area contributed by atoms with E-state index >= 15 is 0 Å². The molecule has 0 aromatic carbocycles. The molecule has 5 nitrogen and oxygen atoms in total. The van der Waals surface area contributed by atoms with Crippen LogP contribution >= 0.6 is 11.3 Å². The average molecular weight is 315 g/mol. The zero-order valence-corrected chi connectivity index (χ0v) is 12.6. The van der Waals surface area contributed by atoms with E-state index in [1.54, 1.807) is 11.3 Å². The van der Waals surface area contributed by atoms with E-state index in [-0.39, 0.29) is 17.5 Å². The summed E-state index contributed by atoms with van der Waals surface area (Å²) in [7, 11) is -2.91. The van der Waals surface area contributed by atoms with Crippen molar-refractivity contribution in [1.82, 2.24) is 4.90 Å². The second kappa shape index (κ2) is 5.13. The lowest BCUT2D eigenvalue weighted by molar-refractivity contribution is -0.145. The molecule has 0 spiro atoms. The van der Waals surface area contributed by atoms with E-state index in [0.717, 1.165) is 16.9 Å². The molecule has 3 heterocycles. The van der Waals surface area contributed by atoms with Crippen LogP contribution in [0.2, 0.25) is 0 Å². The molecule has 1 aromatic rings. The van der Waals surface area contributed by atoms with Gasteiger partial charge in [-0.3, -0.25) is 9.69 Å². The van der Waals surface area contributed by atoms with Crippen molar-refractivity contribution >= 4 is 27.1 Å². The first-order valence-electron chi connectivity index (χ1n) is 6.73. The fraction of sp³-hybridized carbons (Fsp3) is 0.615. The molecule has 1 atom stereocenters. The highest BCUT2D eigenvalue weighted by molar-refractivity contribution is 7.91. The van der Waals surface area contributed by atoms with Crippen LogP contribution in [-0.4, -0.2) is 48.5 Å². The highest BCUT2D eigenvalue weighted by atomic mass is 32.2. The van der Waals surface area contributed by atoms with E-state index in [2.05, 4.69) is 0 Å². The molecule has 110 valence electrons. The van der Waals surface area contributed by atoms with Gasteiger partial charge in [0.15, 0.2) is 0 Å². The maximum absolute atomic E-state index is 11.6. The molecule has 0 aliphatic carbocycles. The molecule has 20 heavy (non-hydrogen) atoms. The van der Waals surface area contributed by atoms with E-state index in [9.17, 15) is 18.3 Å². The third-order valence-electron chi connectivity index (χ3n) is 4.23. The van der Waals surface area contributed by atoms with Crippen LogP contribution in [0.3, 0.4) is 0 Å². The number of thiophene rings is 1. The van der Waals surface area contributed by atoms with Gasteiger partial charge in [0.25, 0.3) is 0 Å². The topological polar surface area (TPSA) is 74.7 Å². The summed E-state index contributed by atoms with van der Waals surface area (Å²) in [5, 5.41) is 11.5. The van der Waals surface area contributed by atoms with Gasteiger partial charge in [0, 0.05) is 17.5 Å². The molecule has 1 saturated heterocycles. The molecule has 1 unspecified atom stereocenters. The lowest BCUT2D eigenvalue weighted by Gasteiger charge is -2.40. The molecule has 2 aliphatic rings. The Morgan fingerprint density at radius 3 is 2.70 bits per heavy atom. The van der Waals surface area contributed by atoms with E-state index < -0.39 is 21.8 Å². The van der Waals surface area contributed by atoms with Crippen LogP contribution in [0.1, 0.15) is 29.3 Å². The van der Waals surface area contributed by atoms with Gasteiger partial charge in [-0.2, -0.15) is 0 Å². The summed E-state index contributed by atoms with van der Waals surface area (Å²) in [5.74, 6) is -0.480. The fourth-order valence-corrected chi connectivity index (χ4v) is 5.58. The van der Waals surface area contributed by atoms with Gasteiger partial charge in [0.05, 0.1) is 11.5 Å². The largest absolute Gasteiger partial charge is 0.480 e. The summed E-state index contributed by atoms with van der Waals surface area (Å²) in [5.41, 5.74) is 0.891.